The summed E-state index contributed by atoms with van der Waals surface area (Å²) >= 11 is 0. The van der Waals surface area contributed by atoms with E-state index in [-0.39, 0.29) is 26.5 Å². The Morgan fingerprint density at radius 3 is 1.73 bits per heavy atom. The van der Waals surface area contributed by atoms with Crippen molar-refractivity contribution < 1.29 is 25.8 Å². The number of anilines is 4. The van der Waals surface area contributed by atoms with Crippen LogP contribution in [-0.2, 0) is 26.5 Å². The third-order valence-corrected chi connectivity index (χ3v) is 13.5. The van der Waals surface area contributed by atoms with Crippen molar-refractivity contribution in [1.29, 1.82) is 0 Å². The normalized spacial score (nSPS) is 12.3. The van der Waals surface area contributed by atoms with Gasteiger partial charge in [0, 0.05) is 78.0 Å². The van der Waals surface area contributed by atoms with Crippen molar-refractivity contribution in [2.75, 3.05) is 9.80 Å². The molecule has 1 aliphatic heterocycles. The van der Waals surface area contributed by atoms with E-state index in [1.807, 2.05) is 30.5 Å². The third kappa shape index (κ3) is 8.51. The van der Waals surface area contributed by atoms with E-state index < -0.39 is 0 Å². The molecule has 0 saturated carbocycles. The van der Waals surface area contributed by atoms with Crippen LogP contribution in [0.2, 0.25) is 0 Å². The Bertz CT molecular complexity index is 3710. The number of nitrogens with zero attached hydrogens (tertiary/aromatic N) is 4. The van der Waals surface area contributed by atoms with Crippen molar-refractivity contribution in [2.45, 2.75) is 33.1 Å². The van der Waals surface area contributed by atoms with Crippen LogP contribution in [-0.4, -0.2) is 9.55 Å². The zero-order chi connectivity index (χ0) is 47.3. The fraction of sp³-hybridized carbons (Fsp3) is 0.0769. The van der Waals surface area contributed by atoms with E-state index in [4.69, 9.17) is 9.72 Å². The molecule has 0 radical (unpaired) electrons. The number of aryl methyl sites for hydroxylation is 1. The van der Waals surface area contributed by atoms with E-state index in [1.165, 1.54) is 11.1 Å². The molecule has 5 nitrogen and oxygen atoms in total. The number of aromatic nitrogens is 2. The van der Waals surface area contributed by atoms with E-state index in [9.17, 15) is 0 Å². The summed E-state index contributed by atoms with van der Waals surface area (Å²) in [4.78, 5) is 9.63. The molecule has 0 spiro atoms. The minimum Gasteiger partial charge on any atom is -0.509 e. The van der Waals surface area contributed by atoms with E-state index >= 15 is 0 Å². The molecule has 0 saturated heterocycles. The van der Waals surface area contributed by atoms with Crippen molar-refractivity contribution in [3.05, 3.63) is 248 Å². The smallest absolute Gasteiger partial charge is 0.135 e. The number of benzene rings is 9. The molecule has 0 amide bonds. The van der Waals surface area contributed by atoms with Crippen LogP contribution in [0.1, 0.15) is 31.9 Å². The molecule has 3 heterocycles. The molecule has 9 aromatic carbocycles. The summed E-state index contributed by atoms with van der Waals surface area (Å²) < 4.78 is 8.96. The van der Waals surface area contributed by atoms with Crippen molar-refractivity contribution in [3.8, 4) is 61.8 Å². The molecule has 71 heavy (non-hydrogen) atoms. The van der Waals surface area contributed by atoms with Gasteiger partial charge in [-0.25, -0.2) is 4.98 Å². The minimum absolute atomic E-state index is 0. The third-order valence-electron chi connectivity index (χ3n) is 13.5. The summed E-state index contributed by atoms with van der Waals surface area (Å²) in [7, 11) is 0. The van der Waals surface area contributed by atoms with Gasteiger partial charge in [0.1, 0.15) is 5.82 Å². The van der Waals surface area contributed by atoms with Crippen molar-refractivity contribution in [1.82, 2.24) is 9.55 Å². The van der Waals surface area contributed by atoms with Crippen LogP contribution >= 0.6 is 0 Å². The summed E-state index contributed by atoms with van der Waals surface area (Å²) in [6, 6.07) is 82.3. The quantitative estimate of drug-likeness (QED) is 0.135. The van der Waals surface area contributed by atoms with Crippen LogP contribution in [0.5, 0.6) is 11.5 Å². The van der Waals surface area contributed by atoms with E-state index in [0.717, 1.165) is 94.9 Å². The van der Waals surface area contributed by atoms with Crippen molar-refractivity contribution in [2.24, 2.45) is 0 Å². The topological polar surface area (TPSA) is 33.5 Å². The van der Waals surface area contributed by atoms with Crippen molar-refractivity contribution >= 4 is 44.6 Å². The number of fused-ring (bicyclic) bond motifs is 4. The Morgan fingerprint density at radius 1 is 0.493 bits per heavy atom. The van der Waals surface area contributed by atoms with Crippen LogP contribution < -0.4 is 14.5 Å². The fourth-order valence-corrected chi connectivity index (χ4v) is 9.89. The van der Waals surface area contributed by atoms with Crippen LogP contribution in [0.25, 0.3) is 72.1 Å². The first-order valence-corrected chi connectivity index (χ1v) is 23.9. The predicted octanol–water partition coefficient (Wildman–Crippen LogP) is 17.3. The molecule has 348 valence electrons. The van der Waals surface area contributed by atoms with Gasteiger partial charge >= 0.3 is 0 Å². The van der Waals surface area contributed by atoms with Gasteiger partial charge in [-0.2, -0.15) is 12.1 Å². The van der Waals surface area contributed by atoms with E-state index in [1.54, 1.807) is 0 Å². The average Bonchev–Trinajstić information content (AvgIpc) is 3.94. The first kappa shape index (κ1) is 45.5. The number of para-hydroxylation sites is 3. The summed E-state index contributed by atoms with van der Waals surface area (Å²) in [5.74, 6) is 1.98. The first-order valence-electron chi connectivity index (χ1n) is 23.9. The minimum atomic E-state index is 0. The average molecular weight is 1100 g/mol. The van der Waals surface area contributed by atoms with Gasteiger partial charge in [-0.3, -0.25) is 0 Å². The van der Waals surface area contributed by atoms with Gasteiger partial charge in [0.15, 0.2) is 0 Å². The largest absolute Gasteiger partial charge is 0.509 e. The Kier molecular flexibility index (Phi) is 12.0. The second kappa shape index (κ2) is 18.7. The number of pyridine rings is 1. The van der Waals surface area contributed by atoms with Crippen LogP contribution in [0.3, 0.4) is 0 Å². The Hall–Kier alpha value is -7.98. The maximum atomic E-state index is 6.76. The molecular weight excluding hydrogens is 1050 g/mol. The number of hydrogen-bond acceptors (Lipinski definition) is 4. The Labute approximate surface area is 430 Å². The molecule has 12 rings (SSSR count). The molecule has 11 aromatic rings. The standard InChI is InChI=1S/C65H49N4O.Pt/c1-44-38-63(66-42-58(44)47-22-12-7-13-23-47)69-59-37-32-49(45-18-8-5-9-19-45)39-57(59)56-36-35-53(41-62(56)69)70-52-25-16-24-51(40-52)67-43-68(61-29-15-14-28-60(61)67)64-54(46-20-10-6-11-21-46)26-17-27-55(64)48-30-33-50(34-31-48)65(2,3)4;/h5-39,42-43H,1-4H3;/q-3;. The summed E-state index contributed by atoms with van der Waals surface area (Å²) in [5.41, 5.74) is 17.6. The van der Waals surface area contributed by atoms with Crippen molar-refractivity contribution in [3.63, 3.8) is 0 Å². The molecule has 0 fully saturated rings. The predicted molar refractivity (Wildman–Crippen MR) is 289 cm³/mol. The molecule has 0 unspecified atom stereocenters. The molecule has 0 atom stereocenters. The summed E-state index contributed by atoms with van der Waals surface area (Å²) in [6.07, 6.45) is 1.98. The summed E-state index contributed by atoms with van der Waals surface area (Å²) in [6.45, 7) is 11.1. The molecule has 0 N–H and O–H groups in total. The van der Waals surface area contributed by atoms with Gasteiger partial charge in [-0.1, -0.05) is 184 Å². The maximum absolute atomic E-state index is 6.76. The fourth-order valence-electron chi connectivity index (χ4n) is 9.89. The molecule has 1 aliphatic rings. The SMILES string of the molecule is Cc1cc(-n2c3[c-]c(Oc4[c-]c(N5[CH-]N(c6c(-c7ccccc7)cccc6-c6ccc(C(C)(C)C)cc6)c6ccccc65)ccc4)ccc3c3cc(-c4ccccc4)ccc32)ncc1-c1ccccc1.[Pt]. The van der Waals surface area contributed by atoms with Gasteiger partial charge in [0.05, 0.1) is 0 Å². The summed E-state index contributed by atoms with van der Waals surface area (Å²) in [5, 5.41) is 2.18. The molecule has 2 aromatic heterocycles. The zero-order valence-electron chi connectivity index (χ0n) is 39.9. The number of rotatable bonds is 9. The van der Waals surface area contributed by atoms with Crippen LogP contribution in [0, 0.1) is 25.7 Å². The maximum Gasteiger partial charge on any atom is 0.135 e. The monoisotopic (exact) mass is 1100 g/mol. The van der Waals surface area contributed by atoms with Gasteiger partial charge in [-0.15, -0.1) is 48.1 Å². The van der Waals surface area contributed by atoms with Crippen LogP contribution in [0.15, 0.2) is 219 Å². The molecule has 0 aliphatic carbocycles. The van der Waals surface area contributed by atoms with Gasteiger partial charge in [0.25, 0.3) is 0 Å². The second-order valence-corrected chi connectivity index (χ2v) is 19.0. The number of hydrogen-bond donors (Lipinski definition) is 0. The molecule has 0 bridgehead atoms. The molecule has 6 heteroatoms. The zero-order valence-corrected chi connectivity index (χ0v) is 42.1. The Morgan fingerprint density at radius 2 is 1.07 bits per heavy atom. The van der Waals surface area contributed by atoms with E-state index in [0.29, 0.717) is 11.5 Å². The van der Waals surface area contributed by atoms with E-state index in [2.05, 4.69) is 249 Å². The second-order valence-electron chi connectivity index (χ2n) is 19.0. The van der Waals surface area contributed by atoms with Gasteiger partial charge < -0.3 is 19.1 Å². The van der Waals surface area contributed by atoms with Gasteiger partial charge in [0.2, 0.25) is 0 Å². The van der Waals surface area contributed by atoms with Crippen LogP contribution in [0.4, 0.5) is 22.7 Å². The molecular formula is C65H49N4OPt-3. The Balaban J connectivity index is 0.00000547. The number of ether oxygens (including phenoxy) is 1. The first-order chi connectivity index (χ1) is 34.2. The van der Waals surface area contributed by atoms with Gasteiger partial charge in [-0.05, 0) is 80.9 Å².